The van der Waals surface area contributed by atoms with Crippen LogP contribution in [0, 0.1) is 0 Å². The first-order chi connectivity index (χ1) is 12.3. The molecule has 26 heavy (non-hydrogen) atoms. The second-order valence-corrected chi connectivity index (χ2v) is 7.86. The van der Waals surface area contributed by atoms with E-state index in [1.807, 2.05) is 20.8 Å². The predicted molar refractivity (Wildman–Crippen MR) is 106 cm³/mol. The van der Waals surface area contributed by atoms with Crippen LogP contribution in [0.5, 0.6) is 0 Å². The Hall–Kier alpha value is -2.14. The molecule has 1 aliphatic rings. The fourth-order valence-electron chi connectivity index (χ4n) is 2.91. The van der Waals surface area contributed by atoms with Gasteiger partial charge in [-0.15, -0.1) is 0 Å². The van der Waals surface area contributed by atoms with Crippen molar-refractivity contribution in [2.75, 3.05) is 18.4 Å². The summed E-state index contributed by atoms with van der Waals surface area (Å²) in [4.78, 5) is 24.1. The van der Waals surface area contributed by atoms with Gasteiger partial charge in [0.05, 0.1) is 6.54 Å². The molecule has 0 radical (unpaired) electrons. The van der Waals surface area contributed by atoms with Crippen molar-refractivity contribution in [1.29, 1.82) is 0 Å². The molecule has 0 fully saturated rings. The van der Waals surface area contributed by atoms with Crippen molar-refractivity contribution in [2.45, 2.75) is 58.4 Å². The standard InChI is InChI=1S/C21H31N3O2/c1-21(2,3)24-20(26)17-9-11-18(12-10-17)23-19(25)15-22-14-13-16-7-5-4-6-8-16/h7,9-12,22H,4-6,8,13-15H2,1-3H3,(H,23,25)(H,24,26). The first-order valence-corrected chi connectivity index (χ1v) is 9.44. The summed E-state index contributed by atoms with van der Waals surface area (Å²) in [6.07, 6.45) is 8.34. The monoisotopic (exact) mass is 357 g/mol. The van der Waals surface area contributed by atoms with Crippen LogP contribution < -0.4 is 16.0 Å². The second kappa shape index (κ2) is 9.53. The SMILES string of the molecule is CC(C)(C)NC(=O)c1ccc(NC(=O)CNCCC2=CCCCC2)cc1. The molecule has 0 saturated carbocycles. The number of anilines is 1. The van der Waals surface area contributed by atoms with Crippen molar-refractivity contribution in [1.82, 2.24) is 10.6 Å². The lowest BCUT2D eigenvalue weighted by atomic mass is 9.97. The van der Waals surface area contributed by atoms with Crippen molar-refractivity contribution >= 4 is 17.5 Å². The maximum absolute atomic E-state index is 12.1. The van der Waals surface area contributed by atoms with E-state index in [1.54, 1.807) is 24.3 Å². The molecule has 0 unspecified atom stereocenters. The summed E-state index contributed by atoms with van der Waals surface area (Å²) in [5.41, 5.74) is 2.51. The number of amides is 2. The highest BCUT2D eigenvalue weighted by Crippen LogP contribution is 2.19. The Morgan fingerprint density at radius 1 is 1.08 bits per heavy atom. The quantitative estimate of drug-likeness (QED) is 0.515. The minimum absolute atomic E-state index is 0.0745. The fourth-order valence-corrected chi connectivity index (χ4v) is 2.91. The van der Waals surface area contributed by atoms with Gasteiger partial charge in [0.25, 0.3) is 5.91 Å². The molecular weight excluding hydrogens is 326 g/mol. The van der Waals surface area contributed by atoms with E-state index in [9.17, 15) is 9.59 Å². The van der Waals surface area contributed by atoms with Gasteiger partial charge < -0.3 is 16.0 Å². The van der Waals surface area contributed by atoms with Crippen molar-refractivity contribution in [3.8, 4) is 0 Å². The number of benzene rings is 1. The normalized spacial score (nSPS) is 14.5. The predicted octanol–water partition coefficient (Wildman–Crippen LogP) is 3.63. The molecule has 0 saturated heterocycles. The molecule has 1 aromatic rings. The first kappa shape index (κ1) is 20.2. The highest BCUT2D eigenvalue weighted by Gasteiger charge is 2.15. The summed E-state index contributed by atoms with van der Waals surface area (Å²) in [5, 5.41) is 8.95. The summed E-state index contributed by atoms with van der Waals surface area (Å²) in [6.45, 7) is 6.94. The molecule has 5 heteroatoms. The van der Waals surface area contributed by atoms with E-state index in [0.717, 1.165) is 13.0 Å². The minimum Gasteiger partial charge on any atom is -0.347 e. The Kier molecular flexibility index (Phi) is 7.39. The average Bonchev–Trinajstić information content (AvgIpc) is 2.59. The van der Waals surface area contributed by atoms with E-state index in [2.05, 4.69) is 22.0 Å². The van der Waals surface area contributed by atoms with Crippen LogP contribution in [-0.4, -0.2) is 30.4 Å². The van der Waals surface area contributed by atoms with Crippen molar-refractivity contribution in [3.05, 3.63) is 41.5 Å². The molecule has 0 aromatic heterocycles. The number of carbonyl (C=O) groups excluding carboxylic acids is 2. The van der Waals surface area contributed by atoms with Gasteiger partial charge in [-0.25, -0.2) is 0 Å². The highest BCUT2D eigenvalue weighted by molar-refractivity contribution is 5.96. The van der Waals surface area contributed by atoms with Crippen LogP contribution >= 0.6 is 0 Å². The van der Waals surface area contributed by atoms with E-state index < -0.39 is 0 Å². The average molecular weight is 357 g/mol. The molecule has 2 amide bonds. The molecule has 0 spiro atoms. The smallest absolute Gasteiger partial charge is 0.251 e. The Morgan fingerprint density at radius 2 is 1.81 bits per heavy atom. The summed E-state index contributed by atoms with van der Waals surface area (Å²) in [6, 6.07) is 6.95. The lowest BCUT2D eigenvalue weighted by Crippen LogP contribution is -2.40. The molecule has 5 nitrogen and oxygen atoms in total. The van der Waals surface area contributed by atoms with Crippen molar-refractivity contribution < 1.29 is 9.59 Å². The Morgan fingerprint density at radius 3 is 2.42 bits per heavy atom. The van der Waals surface area contributed by atoms with Crippen molar-refractivity contribution in [2.24, 2.45) is 0 Å². The summed E-state index contributed by atoms with van der Waals surface area (Å²) < 4.78 is 0. The van der Waals surface area contributed by atoms with Gasteiger partial charge in [-0.2, -0.15) is 0 Å². The van der Waals surface area contributed by atoms with Gasteiger partial charge in [0, 0.05) is 16.8 Å². The summed E-state index contributed by atoms with van der Waals surface area (Å²) >= 11 is 0. The molecule has 3 N–H and O–H groups in total. The van der Waals surface area contributed by atoms with E-state index in [-0.39, 0.29) is 17.4 Å². The van der Waals surface area contributed by atoms with Gasteiger partial charge in [0.2, 0.25) is 5.91 Å². The van der Waals surface area contributed by atoms with Crippen LogP contribution in [-0.2, 0) is 4.79 Å². The third kappa shape index (κ3) is 7.40. The number of rotatable bonds is 7. The van der Waals surface area contributed by atoms with Gasteiger partial charge in [-0.3, -0.25) is 9.59 Å². The number of allylic oxidation sites excluding steroid dienone is 1. The van der Waals surface area contributed by atoms with Crippen LogP contribution in [0.2, 0.25) is 0 Å². The number of hydrogen-bond donors (Lipinski definition) is 3. The van der Waals surface area contributed by atoms with Gasteiger partial charge in [0.1, 0.15) is 0 Å². The van der Waals surface area contributed by atoms with E-state index in [0.29, 0.717) is 17.8 Å². The van der Waals surface area contributed by atoms with Gasteiger partial charge >= 0.3 is 0 Å². The van der Waals surface area contributed by atoms with Crippen LogP contribution in [0.1, 0.15) is 63.2 Å². The summed E-state index contributed by atoms with van der Waals surface area (Å²) in [5.74, 6) is -0.191. The van der Waals surface area contributed by atoms with E-state index >= 15 is 0 Å². The minimum atomic E-state index is -0.274. The molecule has 0 heterocycles. The topological polar surface area (TPSA) is 70.2 Å². The Balaban J connectivity index is 1.71. The highest BCUT2D eigenvalue weighted by atomic mass is 16.2. The third-order valence-electron chi connectivity index (χ3n) is 4.21. The zero-order valence-electron chi connectivity index (χ0n) is 16.2. The molecule has 1 aliphatic carbocycles. The lowest BCUT2D eigenvalue weighted by molar-refractivity contribution is -0.115. The molecule has 2 rings (SSSR count). The lowest BCUT2D eigenvalue weighted by Gasteiger charge is -2.20. The van der Waals surface area contributed by atoms with Crippen LogP contribution in [0.4, 0.5) is 5.69 Å². The third-order valence-corrected chi connectivity index (χ3v) is 4.21. The molecule has 0 atom stereocenters. The van der Waals surface area contributed by atoms with Gasteiger partial charge in [-0.1, -0.05) is 11.6 Å². The largest absolute Gasteiger partial charge is 0.347 e. The number of carbonyl (C=O) groups is 2. The number of nitrogens with one attached hydrogen (secondary N) is 3. The number of hydrogen-bond acceptors (Lipinski definition) is 3. The van der Waals surface area contributed by atoms with Gasteiger partial charge in [0.15, 0.2) is 0 Å². The second-order valence-electron chi connectivity index (χ2n) is 7.86. The van der Waals surface area contributed by atoms with Crippen LogP contribution in [0.3, 0.4) is 0 Å². The van der Waals surface area contributed by atoms with Crippen LogP contribution in [0.15, 0.2) is 35.9 Å². The summed E-state index contributed by atoms with van der Waals surface area (Å²) in [7, 11) is 0. The fraction of sp³-hybridized carbons (Fsp3) is 0.524. The zero-order chi connectivity index (χ0) is 19.0. The van der Waals surface area contributed by atoms with E-state index in [4.69, 9.17) is 0 Å². The van der Waals surface area contributed by atoms with Crippen LogP contribution in [0.25, 0.3) is 0 Å². The molecular formula is C21H31N3O2. The van der Waals surface area contributed by atoms with Crippen molar-refractivity contribution in [3.63, 3.8) is 0 Å². The molecule has 0 bridgehead atoms. The molecule has 0 aliphatic heterocycles. The Bertz CT molecular complexity index is 642. The maximum Gasteiger partial charge on any atom is 0.251 e. The zero-order valence-corrected chi connectivity index (χ0v) is 16.2. The first-order valence-electron chi connectivity index (χ1n) is 9.44. The molecule has 142 valence electrons. The Labute approximate surface area is 156 Å². The maximum atomic E-state index is 12.1. The van der Waals surface area contributed by atoms with E-state index in [1.165, 1.54) is 31.3 Å². The molecule has 1 aromatic carbocycles. The van der Waals surface area contributed by atoms with Gasteiger partial charge in [-0.05, 0) is 83.7 Å².